The zero-order chi connectivity index (χ0) is 16.2. The summed E-state index contributed by atoms with van der Waals surface area (Å²) in [7, 11) is 0. The van der Waals surface area contributed by atoms with Gasteiger partial charge in [0, 0.05) is 0 Å². The quantitative estimate of drug-likeness (QED) is 0.861. The standard InChI is InChI=1S/C20H24O2/c1-20(2,3)17-12-10-16(11-13-17)18(19(21)22)14-9-15-7-5-4-6-8-15/h4-8,10-13,18H,9,14H2,1-3H3,(H,21,22)/t18-/m1/s1. The van der Waals surface area contributed by atoms with Crippen molar-refractivity contribution in [2.45, 2.75) is 44.9 Å². The van der Waals surface area contributed by atoms with E-state index in [2.05, 4.69) is 20.8 Å². The van der Waals surface area contributed by atoms with Crippen LogP contribution in [0.4, 0.5) is 0 Å². The second kappa shape index (κ2) is 6.78. The maximum atomic E-state index is 11.6. The number of hydrogen-bond acceptors (Lipinski definition) is 1. The Morgan fingerprint density at radius 1 is 1.00 bits per heavy atom. The van der Waals surface area contributed by atoms with Crippen LogP contribution in [0, 0.1) is 0 Å². The van der Waals surface area contributed by atoms with Gasteiger partial charge in [0.1, 0.15) is 0 Å². The summed E-state index contributed by atoms with van der Waals surface area (Å²) in [6.07, 6.45) is 1.40. The molecule has 0 aliphatic rings. The van der Waals surface area contributed by atoms with Crippen LogP contribution in [0.3, 0.4) is 0 Å². The molecule has 0 saturated carbocycles. The molecule has 0 bridgehead atoms. The normalized spacial score (nSPS) is 12.9. The lowest BCUT2D eigenvalue weighted by Gasteiger charge is -2.20. The molecule has 2 aromatic rings. The third-order valence-corrected chi connectivity index (χ3v) is 4.04. The molecule has 2 nitrogen and oxygen atoms in total. The van der Waals surface area contributed by atoms with Crippen molar-refractivity contribution in [1.29, 1.82) is 0 Å². The Morgan fingerprint density at radius 3 is 2.09 bits per heavy atom. The number of aliphatic carboxylic acids is 1. The molecule has 1 atom stereocenters. The van der Waals surface area contributed by atoms with E-state index in [9.17, 15) is 9.90 Å². The SMILES string of the molecule is CC(C)(C)c1ccc([C@@H](CCc2ccccc2)C(=O)O)cc1. The average molecular weight is 296 g/mol. The molecule has 0 heterocycles. The number of benzene rings is 2. The second-order valence-corrected chi connectivity index (χ2v) is 6.79. The second-order valence-electron chi connectivity index (χ2n) is 6.79. The number of hydrogen-bond donors (Lipinski definition) is 1. The molecule has 0 unspecified atom stereocenters. The Labute approximate surface area is 132 Å². The van der Waals surface area contributed by atoms with E-state index >= 15 is 0 Å². The van der Waals surface area contributed by atoms with Crippen LogP contribution in [0.15, 0.2) is 54.6 Å². The third-order valence-electron chi connectivity index (χ3n) is 4.04. The Bertz CT molecular complexity index is 606. The van der Waals surface area contributed by atoms with Crippen LogP contribution in [0.25, 0.3) is 0 Å². The maximum Gasteiger partial charge on any atom is 0.310 e. The summed E-state index contributed by atoms with van der Waals surface area (Å²) in [6, 6.07) is 18.1. The first kappa shape index (κ1) is 16.3. The first-order chi connectivity index (χ1) is 10.4. The van der Waals surface area contributed by atoms with Crippen LogP contribution < -0.4 is 0 Å². The molecule has 0 saturated heterocycles. The van der Waals surface area contributed by atoms with Crippen LogP contribution in [0.1, 0.15) is 49.8 Å². The van der Waals surface area contributed by atoms with Crippen molar-refractivity contribution in [3.63, 3.8) is 0 Å². The smallest absolute Gasteiger partial charge is 0.310 e. The average Bonchev–Trinajstić information content (AvgIpc) is 2.48. The minimum absolute atomic E-state index is 0.0846. The molecule has 0 amide bonds. The van der Waals surface area contributed by atoms with Gasteiger partial charge in [0.15, 0.2) is 0 Å². The number of aryl methyl sites for hydroxylation is 1. The summed E-state index contributed by atoms with van der Waals surface area (Å²) < 4.78 is 0. The lowest BCUT2D eigenvalue weighted by molar-refractivity contribution is -0.138. The molecule has 0 radical (unpaired) electrons. The number of carboxylic acid groups (broad SMARTS) is 1. The summed E-state index contributed by atoms with van der Waals surface area (Å²) in [5, 5.41) is 9.53. The van der Waals surface area contributed by atoms with Crippen molar-refractivity contribution in [2.24, 2.45) is 0 Å². The van der Waals surface area contributed by atoms with Gasteiger partial charge in [0.05, 0.1) is 5.92 Å². The predicted molar refractivity (Wildman–Crippen MR) is 90.3 cm³/mol. The first-order valence-corrected chi connectivity index (χ1v) is 7.75. The molecule has 0 aliphatic carbocycles. The molecular weight excluding hydrogens is 272 g/mol. The first-order valence-electron chi connectivity index (χ1n) is 7.75. The van der Waals surface area contributed by atoms with Crippen molar-refractivity contribution in [2.75, 3.05) is 0 Å². The van der Waals surface area contributed by atoms with Crippen molar-refractivity contribution >= 4 is 5.97 Å². The topological polar surface area (TPSA) is 37.3 Å². The fourth-order valence-corrected chi connectivity index (χ4v) is 2.60. The van der Waals surface area contributed by atoms with E-state index in [-0.39, 0.29) is 5.41 Å². The lowest BCUT2D eigenvalue weighted by Crippen LogP contribution is -2.14. The van der Waals surface area contributed by atoms with E-state index in [0.717, 1.165) is 12.0 Å². The van der Waals surface area contributed by atoms with Gasteiger partial charge in [0.25, 0.3) is 0 Å². The van der Waals surface area contributed by atoms with Gasteiger partial charge in [-0.1, -0.05) is 75.4 Å². The van der Waals surface area contributed by atoms with E-state index in [4.69, 9.17) is 0 Å². The molecule has 0 aromatic heterocycles. The van der Waals surface area contributed by atoms with E-state index in [1.807, 2.05) is 54.6 Å². The van der Waals surface area contributed by atoms with Crippen LogP contribution in [0.2, 0.25) is 0 Å². The van der Waals surface area contributed by atoms with E-state index < -0.39 is 11.9 Å². The van der Waals surface area contributed by atoms with Gasteiger partial charge in [-0.25, -0.2) is 0 Å². The molecule has 2 heteroatoms. The fraction of sp³-hybridized carbons (Fsp3) is 0.350. The van der Waals surface area contributed by atoms with Crippen molar-refractivity contribution in [3.05, 3.63) is 71.3 Å². The van der Waals surface area contributed by atoms with Gasteiger partial charge in [-0.2, -0.15) is 0 Å². The van der Waals surface area contributed by atoms with Gasteiger partial charge >= 0.3 is 5.97 Å². The molecular formula is C20H24O2. The zero-order valence-electron chi connectivity index (χ0n) is 13.5. The van der Waals surface area contributed by atoms with Crippen molar-refractivity contribution in [1.82, 2.24) is 0 Å². The number of rotatable bonds is 5. The van der Waals surface area contributed by atoms with Gasteiger partial charge in [-0.15, -0.1) is 0 Å². The molecule has 2 rings (SSSR count). The van der Waals surface area contributed by atoms with Crippen LogP contribution >= 0.6 is 0 Å². The Hall–Kier alpha value is -2.09. The summed E-state index contributed by atoms with van der Waals surface area (Å²) in [5.74, 6) is -1.20. The molecule has 22 heavy (non-hydrogen) atoms. The molecule has 0 fully saturated rings. The zero-order valence-corrected chi connectivity index (χ0v) is 13.5. The summed E-state index contributed by atoms with van der Waals surface area (Å²) >= 11 is 0. The summed E-state index contributed by atoms with van der Waals surface area (Å²) in [4.78, 5) is 11.6. The lowest BCUT2D eigenvalue weighted by atomic mass is 9.85. The van der Waals surface area contributed by atoms with Gasteiger partial charge in [-0.05, 0) is 34.9 Å². The highest BCUT2D eigenvalue weighted by Gasteiger charge is 2.21. The van der Waals surface area contributed by atoms with Gasteiger partial charge in [0.2, 0.25) is 0 Å². The molecule has 1 N–H and O–H groups in total. The van der Waals surface area contributed by atoms with E-state index in [1.165, 1.54) is 11.1 Å². The van der Waals surface area contributed by atoms with E-state index in [0.29, 0.717) is 6.42 Å². The van der Waals surface area contributed by atoms with E-state index in [1.54, 1.807) is 0 Å². The Kier molecular flexibility index (Phi) is 5.02. The van der Waals surface area contributed by atoms with Crippen molar-refractivity contribution in [3.8, 4) is 0 Å². The molecule has 0 aliphatic heterocycles. The van der Waals surface area contributed by atoms with Crippen LogP contribution in [0.5, 0.6) is 0 Å². The maximum absolute atomic E-state index is 11.6. The van der Waals surface area contributed by atoms with Gasteiger partial charge in [-0.3, -0.25) is 4.79 Å². The monoisotopic (exact) mass is 296 g/mol. The highest BCUT2D eigenvalue weighted by molar-refractivity contribution is 5.76. The minimum atomic E-state index is -0.751. The van der Waals surface area contributed by atoms with Crippen LogP contribution in [-0.4, -0.2) is 11.1 Å². The predicted octanol–water partition coefficient (Wildman–Crippen LogP) is 4.79. The third kappa shape index (κ3) is 4.20. The molecule has 116 valence electrons. The molecule has 0 spiro atoms. The highest BCUT2D eigenvalue weighted by atomic mass is 16.4. The summed E-state index contributed by atoms with van der Waals surface area (Å²) in [6.45, 7) is 6.48. The Balaban J connectivity index is 2.13. The largest absolute Gasteiger partial charge is 0.481 e. The van der Waals surface area contributed by atoms with Crippen molar-refractivity contribution < 1.29 is 9.90 Å². The van der Waals surface area contributed by atoms with Gasteiger partial charge < -0.3 is 5.11 Å². The van der Waals surface area contributed by atoms with Crippen LogP contribution in [-0.2, 0) is 16.6 Å². The highest BCUT2D eigenvalue weighted by Crippen LogP contribution is 2.27. The fourth-order valence-electron chi connectivity index (χ4n) is 2.60. The summed E-state index contributed by atoms with van der Waals surface area (Å²) in [5.41, 5.74) is 3.38. The molecule has 2 aromatic carbocycles. The minimum Gasteiger partial charge on any atom is -0.481 e. The number of carbonyl (C=O) groups is 1. The number of carboxylic acids is 1. The Morgan fingerprint density at radius 2 is 1.59 bits per heavy atom.